The zero-order valence-electron chi connectivity index (χ0n) is 20.3. The number of amides is 2. The molecule has 4 rings (SSSR count). The molecule has 0 bridgehead atoms. The quantitative estimate of drug-likeness (QED) is 0.453. The second-order valence-electron chi connectivity index (χ2n) is 8.83. The molecule has 0 atom stereocenters. The number of hydrogen-bond acceptors (Lipinski definition) is 5. The summed E-state index contributed by atoms with van der Waals surface area (Å²) in [6.07, 6.45) is -2.98. The van der Waals surface area contributed by atoms with Crippen molar-refractivity contribution in [3.63, 3.8) is 0 Å². The van der Waals surface area contributed by atoms with Crippen LogP contribution in [-0.2, 0) is 12.7 Å². The molecule has 0 radical (unpaired) electrons. The van der Waals surface area contributed by atoms with Gasteiger partial charge in [0.1, 0.15) is 5.82 Å². The van der Waals surface area contributed by atoms with E-state index in [4.69, 9.17) is 5.73 Å². The average Bonchev–Trinajstić information content (AvgIpc) is 2.85. The van der Waals surface area contributed by atoms with Gasteiger partial charge in [-0.3, -0.25) is 4.90 Å². The lowest BCUT2D eigenvalue weighted by Gasteiger charge is -2.33. The summed E-state index contributed by atoms with van der Waals surface area (Å²) in [6.45, 7) is 3.24. The SMILES string of the molecule is CN1CCN(Cc2ccc(NC(=O)Nc3cccc(C#Cc4ccc(N)nc4)c3)cc2C(F)(F)F)CC1. The van der Waals surface area contributed by atoms with Gasteiger partial charge in [-0.15, -0.1) is 0 Å². The molecule has 10 heteroatoms. The molecular weight excluding hydrogens is 481 g/mol. The average molecular weight is 509 g/mol. The zero-order valence-corrected chi connectivity index (χ0v) is 20.3. The molecule has 7 nitrogen and oxygen atoms in total. The van der Waals surface area contributed by atoms with Gasteiger partial charge in [-0.1, -0.05) is 24.0 Å². The molecule has 1 saturated heterocycles. The summed E-state index contributed by atoms with van der Waals surface area (Å²) in [6, 6.07) is 13.5. The molecule has 2 amide bonds. The molecule has 37 heavy (non-hydrogen) atoms. The minimum atomic E-state index is -4.54. The number of aromatic nitrogens is 1. The first-order valence-electron chi connectivity index (χ1n) is 11.7. The number of pyridine rings is 1. The number of benzene rings is 2. The van der Waals surface area contributed by atoms with Crippen LogP contribution in [-0.4, -0.2) is 54.0 Å². The van der Waals surface area contributed by atoms with E-state index >= 15 is 0 Å². The van der Waals surface area contributed by atoms with Crippen LogP contribution in [0.5, 0.6) is 0 Å². The van der Waals surface area contributed by atoms with Gasteiger partial charge >= 0.3 is 12.2 Å². The minimum absolute atomic E-state index is 0.0544. The molecule has 3 aromatic rings. The van der Waals surface area contributed by atoms with Crippen LogP contribution in [0.25, 0.3) is 0 Å². The summed E-state index contributed by atoms with van der Waals surface area (Å²) in [5, 5.41) is 5.13. The Labute approximate surface area is 213 Å². The highest BCUT2D eigenvalue weighted by molar-refractivity contribution is 5.99. The second-order valence-corrected chi connectivity index (χ2v) is 8.83. The third-order valence-corrected chi connectivity index (χ3v) is 5.92. The molecule has 192 valence electrons. The number of anilines is 3. The van der Waals surface area contributed by atoms with E-state index in [0.717, 1.165) is 19.2 Å². The predicted octanol–water partition coefficient (Wildman–Crippen LogP) is 4.47. The molecule has 4 N–H and O–H groups in total. The Morgan fingerprint density at radius 3 is 2.35 bits per heavy atom. The third kappa shape index (κ3) is 7.46. The molecule has 0 unspecified atom stereocenters. The maximum absolute atomic E-state index is 13.8. The Morgan fingerprint density at radius 1 is 0.973 bits per heavy atom. The highest BCUT2D eigenvalue weighted by Crippen LogP contribution is 2.34. The van der Waals surface area contributed by atoms with Gasteiger partial charge in [0.15, 0.2) is 0 Å². The first kappa shape index (κ1) is 26.0. The minimum Gasteiger partial charge on any atom is -0.384 e. The number of urea groups is 1. The molecule has 1 aromatic heterocycles. The van der Waals surface area contributed by atoms with Gasteiger partial charge < -0.3 is 21.3 Å². The lowest BCUT2D eigenvalue weighted by atomic mass is 10.0. The molecule has 1 fully saturated rings. The van der Waals surface area contributed by atoms with Crippen LogP contribution in [0.4, 0.5) is 35.2 Å². The van der Waals surface area contributed by atoms with Crippen molar-refractivity contribution in [1.82, 2.24) is 14.8 Å². The highest BCUT2D eigenvalue weighted by Gasteiger charge is 2.34. The Morgan fingerprint density at radius 2 is 1.68 bits per heavy atom. The van der Waals surface area contributed by atoms with E-state index in [1.807, 2.05) is 11.9 Å². The van der Waals surface area contributed by atoms with Crippen LogP contribution in [0.15, 0.2) is 60.8 Å². The normalized spacial score (nSPS) is 14.5. The molecule has 2 aromatic carbocycles. The number of carbonyl (C=O) groups is 1. The number of nitrogens with zero attached hydrogens (tertiary/aromatic N) is 3. The van der Waals surface area contributed by atoms with E-state index in [1.54, 1.807) is 42.6 Å². The number of nitrogen functional groups attached to an aromatic ring is 1. The Balaban J connectivity index is 1.42. The number of piperazine rings is 1. The van der Waals surface area contributed by atoms with Crippen LogP contribution in [0.1, 0.15) is 22.3 Å². The maximum Gasteiger partial charge on any atom is 0.416 e. The van der Waals surface area contributed by atoms with Crippen LogP contribution < -0.4 is 16.4 Å². The molecule has 0 saturated carbocycles. The predicted molar refractivity (Wildman–Crippen MR) is 138 cm³/mol. The van der Waals surface area contributed by atoms with Gasteiger partial charge in [0.2, 0.25) is 0 Å². The maximum atomic E-state index is 13.8. The lowest BCUT2D eigenvalue weighted by molar-refractivity contribution is -0.138. The van der Waals surface area contributed by atoms with Gasteiger partial charge in [-0.2, -0.15) is 13.2 Å². The summed E-state index contributed by atoms with van der Waals surface area (Å²) in [7, 11) is 1.99. The molecule has 0 spiro atoms. The number of nitrogens with one attached hydrogen (secondary N) is 2. The number of alkyl halides is 3. The van der Waals surface area contributed by atoms with Gasteiger partial charge in [0.25, 0.3) is 0 Å². The van der Waals surface area contributed by atoms with Crippen molar-refractivity contribution in [1.29, 1.82) is 0 Å². The Hall–Kier alpha value is -4.07. The van der Waals surface area contributed by atoms with E-state index in [9.17, 15) is 18.0 Å². The van der Waals surface area contributed by atoms with E-state index in [2.05, 4.69) is 32.4 Å². The third-order valence-electron chi connectivity index (χ3n) is 5.92. The number of nitrogens with two attached hydrogens (primary N) is 1. The summed E-state index contributed by atoms with van der Waals surface area (Å²) in [5.41, 5.74) is 6.83. The van der Waals surface area contributed by atoms with Crippen molar-refractivity contribution in [2.75, 3.05) is 49.6 Å². The number of halogens is 3. The van der Waals surface area contributed by atoms with Crippen molar-refractivity contribution >= 4 is 23.2 Å². The zero-order chi connectivity index (χ0) is 26.4. The van der Waals surface area contributed by atoms with Gasteiger partial charge in [-0.25, -0.2) is 9.78 Å². The first-order chi connectivity index (χ1) is 17.7. The van der Waals surface area contributed by atoms with E-state index in [-0.39, 0.29) is 17.8 Å². The Bertz CT molecular complexity index is 1310. The van der Waals surface area contributed by atoms with Crippen LogP contribution in [0.3, 0.4) is 0 Å². The molecule has 1 aliphatic rings. The highest BCUT2D eigenvalue weighted by atomic mass is 19.4. The topological polar surface area (TPSA) is 86.5 Å². The van der Waals surface area contributed by atoms with E-state index in [1.165, 1.54) is 12.1 Å². The van der Waals surface area contributed by atoms with Crippen molar-refractivity contribution in [3.8, 4) is 11.8 Å². The van der Waals surface area contributed by atoms with Crippen LogP contribution in [0, 0.1) is 11.8 Å². The fourth-order valence-corrected chi connectivity index (χ4v) is 3.89. The van der Waals surface area contributed by atoms with Crippen LogP contribution in [0.2, 0.25) is 0 Å². The standard InChI is InChI=1S/C27H27F3N6O/c1-35-11-13-36(14-12-35)18-21-8-9-23(16-24(21)27(28,29)30)34-26(37)33-22-4-2-3-19(15-22)5-6-20-7-10-25(31)32-17-20/h2-4,7-10,15-17H,11-14,18H2,1H3,(H2,31,32)(H2,33,34,37). The van der Waals surface area contributed by atoms with Gasteiger partial charge in [-0.05, 0) is 55.1 Å². The summed E-state index contributed by atoms with van der Waals surface area (Å²) < 4.78 is 41.4. The number of likely N-dealkylation sites (N-methyl/N-ethyl adjacent to an activating group) is 1. The smallest absolute Gasteiger partial charge is 0.384 e. The molecular formula is C27H27F3N6O. The molecule has 1 aliphatic heterocycles. The largest absolute Gasteiger partial charge is 0.416 e. The monoisotopic (exact) mass is 508 g/mol. The number of rotatable bonds is 4. The molecule has 0 aliphatic carbocycles. The van der Waals surface area contributed by atoms with Gasteiger partial charge in [0.05, 0.1) is 5.56 Å². The fourth-order valence-electron chi connectivity index (χ4n) is 3.89. The fraction of sp³-hybridized carbons (Fsp3) is 0.259. The summed E-state index contributed by atoms with van der Waals surface area (Å²) >= 11 is 0. The summed E-state index contributed by atoms with van der Waals surface area (Å²) in [5.74, 6) is 6.33. The first-order valence-corrected chi connectivity index (χ1v) is 11.7. The molecule has 2 heterocycles. The lowest BCUT2D eigenvalue weighted by Crippen LogP contribution is -2.44. The number of hydrogen-bond donors (Lipinski definition) is 3. The van der Waals surface area contributed by atoms with Crippen molar-refractivity contribution in [2.24, 2.45) is 0 Å². The van der Waals surface area contributed by atoms with E-state index in [0.29, 0.717) is 35.7 Å². The van der Waals surface area contributed by atoms with E-state index < -0.39 is 17.8 Å². The van der Waals surface area contributed by atoms with Crippen molar-refractivity contribution in [3.05, 3.63) is 83.0 Å². The Kier molecular flexibility index (Phi) is 7.96. The summed E-state index contributed by atoms with van der Waals surface area (Å²) in [4.78, 5) is 20.7. The second kappa shape index (κ2) is 11.3. The van der Waals surface area contributed by atoms with Crippen LogP contribution >= 0.6 is 0 Å². The van der Waals surface area contributed by atoms with Gasteiger partial charge in [0, 0.05) is 61.4 Å². The van der Waals surface area contributed by atoms with Crippen molar-refractivity contribution < 1.29 is 18.0 Å². The number of carbonyl (C=O) groups excluding carboxylic acids is 1. The van der Waals surface area contributed by atoms with Crippen molar-refractivity contribution in [2.45, 2.75) is 12.7 Å².